The van der Waals surface area contributed by atoms with Crippen molar-refractivity contribution >= 4 is 27.4 Å². The van der Waals surface area contributed by atoms with Gasteiger partial charge in [-0.2, -0.15) is 5.10 Å². The lowest BCUT2D eigenvalue weighted by atomic mass is 10.1. The summed E-state index contributed by atoms with van der Waals surface area (Å²) in [6.45, 7) is 7.43. The van der Waals surface area contributed by atoms with Crippen LogP contribution in [0.3, 0.4) is 0 Å². The van der Waals surface area contributed by atoms with Gasteiger partial charge in [0, 0.05) is 43.4 Å². The number of hydrogen-bond donors (Lipinski definition) is 2. The van der Waals surface area contributed by atoms with E-state index in [9.17, 15) is 13.2 Å². The molecule has 0 aliphatic carbocycles. The maximum absolute atomic E-state index is 12.6. The number of amides is 2. The molecule has 1 saturated heterocycles. The van der Waals surface area contributed by atoms with Crippen molar-refractivity contribution in [3.05, 3.63) is 54.0 Å². The molecular formula is C25H33N7O4S. The standard InChI is InChI=1S/C25H33N7O4S/c1-17-16-36-13-12-32(17)22-14-21(25(2,3)37(5,34)35)28-23(29-22)18-6-8-19(9-7-18)27-24(33)26-15-20-10-11-31(4)30-20/h6-11,14,17H,12-13,15-16H2,1-5H3,(H2,26,27,33)/t17-/m0/s1. The second kappa shape index (κ2) is 10.5. The zero-order valence-electron chi connectivity index (χ0n) is 21.7. The fourth-order valence-electron chi connectivity index (χ4n) is 3.88. The summed E-state index contributed by atoms with van der Waals surface area (Å²) in [7, 11) is -1.64. The van der Waals surface area contributed by atoms with Gasteiger partial charge in [0.2, 0.25) is 0 Å². The van der Waals surface area contributed by atoms with Crippen molar-refractivity contribution < 1.29 is 17.9 Å². The van der Waals surface area contributed by atoms with Crippen LogP contribution in [-0.4, -0.2) is 66.3 Å². The van der Waals surface area contributed by atoms with Gasteiger partial charge >= 0.3 is 6.03 Å². The van der Waals surface area contributed by atoms with Crippen LogP contribution in [-0.2, 0) is 32.9 Å². The number of benzene rings is 1. The topological polar surface area (TPSA) is 131 Å². The molecule has 12 heteroatoms. The number of anilines is 2. The number of carbonyl (C=O) groups excluding carboxylic acids is 1. The Hall–Kier alpha value is -3.51. The first-order valence-corrected chi connectivity index (χ1v) is 13.9. The lowest BCUT2D eigenvalue weighted by Gasteiger charge is -2.35. The number of hydrogen-bond acceptors (Lipinski definition) is 8. The molecule has 0 radical (unpaired) electrons. The lowest BCUT2D eigenvalue weighted by Crippen LogP contribution is -2.44. The first-order chi connectivity index (χ1) is 17.4. The van der Waals surface area contributed by atoms with Gasteiger partial charge in [0.05, 0.1) is 37.2 Å². The molecule has 2 amide bonds. The highest BCUT2D eigenvalue weighted by molar-refractivity contribution is 7.91. The monoisotopic (exact) mass is 527 g/mol. The van der Waals surface area contributed by atoms with E-state index in [0.29, 0.717) is 54.9 Å². The van der Waals surface area contributed by atoms with E-state index in [4.69, 9.17) is 9.72 Å². The molecule has 0 unspecified atom stereocenters. The highest BCUT2D eigenvalue weighted by Crippen LogP contribution is 2.32. The smallest absolute Gasteiger partial charge is 0.319 e. The first kappa shape index (κ1) is 26.6. The number of carbonyl (C=O) groups is 1. The van der Waals surface area contributed by atoms with E-state index in [0.717, 1.165) is 5.69 Å². The van der Waals surface area contributed by atoms with Crippen LogP contribution in [0.5, 0.6) is 0 Å². The highest BCUT2D eigenvalue weighted by atomic mass is 32.2. The lowest BCUT2D eigenvalue weighted by molar-refractivity contribution is 0.0985. The minimum atomic E-state index is -3.45. The van der Waals surface area contributed by atoms with E-state index in [1.807, 2.05) is 26.2 Å². The van der Waals surface area contributed by atoms with Crippen LogP contribution in [0, 0.1) is 0 Å². The van der Waals surface area contributed by atoms with Crippen LogP contribution in [0.1, 0.15) is 32.2 Å². The van der Waals surface area contributed by atoms with E-state index >= 15 is 0 Å². The fraction of sp³-hybridized carbons (Fsp3) is 0.440. The van der Waals surface area contributed by atoms with Crippen LogP contribution in [0.4, 0.5) is 16.3 Å². The molecule has 2 aromatic heterocycles. The van der Waals surface area contributed by atoms with Crippen molar-refractivity contribution in [1.82, 2.24) is 25.1 Å². The Labute approximate surface area is 217 Å². The van der Waals surface area contributed by atoms with Crippen LogP contribution in [0.2, 0.25) is 0 Å². The molecule has 0 bridgehead atoms. The SMILES string of the molecule is C[C@H]1COCCN1c1cc(C(C)(C)S(C)(=O)=O)nc(-c2ccc(NC(=O)NCc3ccn(C)n3)cc2)n1. The van der Waals surface area contributed by atoms with Gasteiger partial charge < -0.3 is 20.3 Å². The van der Waals surface area contributed by atoms with Crippen molar-refractivity contribution in [1.29, 1.82) is 0 Å². The van der Waals surface area contributed by atoms with Crippen molar-refractivity contribution in [2.75, 3.05) is 36.2 Å². The Kier molecular flexibility index (Phi) is 7.51. The predicted molar refractivity (Wildman–Crippen MR) is 142 cm³/mol. The number of nitrogens with zero attached hydrogens (tertiary/aromatic N) is 5. The summed E-state index contributed by atoms with van der Waals surface area (Å²) < 4.78 is 31.2. The third-order valence-corrected chi connectivity index (χ3v) is 8.58. The number of aryl methyl sites for hydroxylation is 1. The van der Waals surface area contributed by atoms with E-state index in [1.54, 1.807) is 48.9 Å². The first-order valence-electron chi connectivity index (χ1n) is 12.0. The number of morpholine rings is 1. The molecule has 2 N–H and O–H groups in total. The molecule has 0 saturated carbocycles. The third-order valence-electron chi connectivity index (χ3n) is 6.52. The minimum absolute atomic E-state index is 0.0851. The largest absolute Gasteiger partial charge is 0.377 e. The molecule has 198 valence electrons. The molecule has 11 nitrogen and oxygen atoms in total. The number of urea groups is 1. The van der Waals surface area contributed by atoms with E-state index in [2.05, 4.69) is 25.6 Å². The average molecular weight is 528 g/mol. The van der Waals surface area contributed by atoms with Gasteiger partial charge in [0.25, 0.3) is 0 Å². The summed E-state index contributed by atoms with van der Waals surface area (Å²) in [5, 5.41) is 9.80. The molecule has 1 fully saturated rings. The summed E-state index contributed by atoms with van der Waals surface area (Å²) >= 11 is 0. The maximum atomic E-state index is 12.6. The Bertz CT molecular complexity index is 1370. The van der Waals surface area contributed by atoms with E-state index in [-0.39, 0.29) is 12.1 Å². The number of ether oxygens (including phenoxy) is 1. The summed E-state index contributed by atoms with van der Waals surface area (Å²) in [5.74, 6) is 1.07. The Morgan fingerprint density at radius 1 is 1.19 bits per heavy atom. The summed E-state index contributed by atoms with van der Waals surface area (Å²) in [5.41, 5.74) is 2.47. The van der Waals surface area contributed by atoms with Gasteiger partial charge in [-0.25, -0.2) is 23.2 Å². The zero-order valence-corrected chi connectivity index (χ0v) is 22.5. The highest BCUT2D eigenvalue weighted by Gasteiger charge is 2.35. The molecule has 3 heterocycles. The predicted octanol–water partition coefficient (Wildman–Crippen LogP) is 2.70. The Morgan fingerprint density at radius 2 is 1.92 bits per heavy atom. The molecule has 4 rings (SSSR count). The van der Waals surface area contributed by atoms with Crippen molar-refractivity contribution in [3.63, 3.8) is 0 Å². The van der Waals surface area contributed by atoms with Crippen molar-refractivity contribution in [3.8, 4) is 11.4 Å². The fourth-order valence-corrected chi connectivity index (χ4v) is 4.37. The number of rotatable bonds is 7. The van der Waals surface area contributed by atoms with Crippen LogP contribution in [0.15, 0.2) is 42.6 Å². The van der Waals surface area contributed by atoms with E-state index in [1.165, 1.54) is 6.26 Å². The summed E-state index contributed by atoms with van der Waals surface area (Å²) in [4.78, 5) is 23.8. The zero-order chi connectivity index (χ0) is 26.8. The van der Waals surface area contributed by atoms with Gasteiger partial charge in [-0.15, -0.1) is 0 Å². The van der Waals surface area contributed by atoms with Gasteiger partial charge in [0.1, 0.15) is 10.6 Å². The summed E-state index contributed by atoms with van der Waals surface area (Å²) in [6.07, 6.45) is 3.03. The van der Waals surface area contributed by atoms with Crippen LogP contribution < -0.4 is 15.5 Å². The van der Waals surface area contributed by atoms with Gasteiger partial charge in [-0.1, -0.05) is 0 Å². The van der Waals surface area contributed by atoms with Gasteiger partial charge in [0.15, 0.2) is 15.7 Å². The molecule has 1 aliphatic heterocycles. The molecule has 1 aliphatic rings. The molecule has 0 spiro atoms. The molecule has 1 atom stereocenters. The molecule has 3 aromatic rings. The Morgan fingerprint density at radius 3 is 2.54 bits per heavy atom. The van der Waals surface area contributed by atoms with Crippen molar-refractivity contribution in [2.45, 2.75) is 38.1 Å². The van der Waals surface area contributed by atoms with Crippen LogP contribution >= 0.6 is 0 Å². The second-order valence-corrected chi connectivity index (χ2v) is 12.3. The van der Waals surface area contributed by atoms with Crippen LogP contribution in [0.25, 0.3) is 11.4 Å². The number of aromatic nitrogens is 4. The molecular weight excluding hydrogens is 494 g/mol. The molecule has 1 aromatic carbocycles. The van der Waals surface area contributed by atoms with Gasteiger partial charge in [-0.05, 0) is 51.1 Å². The average Bonchev–Trinajstić information content (AvgIpc) is 3.27. The number of nitrogens with one attached hydrogen (secondary N) is 2. The Balaban J connectivity index is 1.58. The number of sulfone groups is 1. The maximum Gasteiger partial charge on any atom is 0.319 e. The normalized spacial score (nSPS) is 16.5. The quantitative estimate of drug-likeness (QED) is 0.480. The summed E-state index contributed by atoms with van der Waals surface area (Å²) in [6, 6.07) is 10.4. The minimum Gasteiger partial charge on any atom is -0.377 e. The third kappa shape index (κ3) is 6.08. The van der Waals surface area contributed by atoms with Crippen molar-refractivity contribution in [2.24, 2.45) is 7.05 Å². The second-order valence-electron chi connectivity index (χ2n) is 9.70. The molecule has 37 heavy (non-hydrogen) atoms. The van der Waals surface area contributed by atoms with Gasteiger partial charge in [-0.3, -0.25) is 4.68 Å². The van der Waals surface area contributed by atoms with E-state index < -0.39 is 14.6 Å².